The highest BCUT2D eigenvalue weighted by atomic mass is 19.4. The molecule has 1 amide bonds. The van der Waals surface area contributed by atoms with Crippen LogP contribution in [-0.4, -0.2) is 62.8 Å². The van der Waals surface area contributed by atoms with E-state index in [9.17, 15) is 36.6 Å². The lowest BCUT2D eigenvalue weighted by Crippen LogP contribution is -2.52. The summed E-state index contributed by atoms with van der Waals surface area (Å²) < 4.78 is 72.5. The molecule has 2 heterocycles. The predicted octanol–water partition coefficient (Wildman–Crippen LogP) is 4.84. The van der Waals surface area contributed by atoms with Crippen LogP contribution in [0.2, 0.25) is 0 Å². The average Bonchev–Trinajstić information content (AvgIpc) is 3.01. The second-order valence-electron chi connectivity index (χ2n) is 12.1. The molecule has 0 radical (unpaired) electrons. The number of amides is 1. The third kappa shape index (κ3) is 8.21. The van der Waals surface area contributed by atoms with Crippen LogP contribution < -0.4 is 21.3 Å². The zero-order chi connectivity index (χ0) is 33.1. The van der Waals surface area contributed by atoms with Gasteiger partial charge in [-0.1, -0.05) is 42.5 Å². The number of hydrogen-bond acceptors (Lipinski definition) is 7. The van der Waals surface area contributed by atoms with Gasteiger partial charge in [-0.25, -0.2) is 13.8 Å². The van der Waals surface area contributed by atoms with Crippen molar-refractivity contribution in [2.24, 2.45) is 5.92 Å². The van der Waals surface area contributed by atoms with Crippen molar-refractivity contribution < 1.29 is 36.6 Å². The number of alkyl halides is 5. The van der Waals surface area contributed by atoms with Gasteiger partial charge in [0.05, 0.1) is 18.7 Å². The van der Waals surface area contributed by atoms with E-state index in [2.05, 4.69) is 10.3 Å². The van der Waals surface area contributed by atoms with Gasteiger partial charge in [-0.15, -0.1) is 0 Å². The van der Waals surface area contributed by atoms with Crippen molar-refractivity contribution in [3.05, 3.63) is 82.4 Å². The van der Waals surface area contributed by atoms with E-state index in [1.807, 2.05) is 0 Å². The van der Waals surface area contributed by atoms with Gasteiger partial charge in [-0.05, 0) is 42.5 Å². The first-order chi connectivity index (χ1) is 21.7. The minimum absolute atomic E-state index is 0.00123. The standard InChI is InChI=1S/C32H36F5N5O4/c33-31(34)11-10-24(25(16-31)22-4-2-1-3-5-22)28(43)41-14-12-30(45,13-15-41)19-42-20-40-27(26(38)29(42)44)46-23-8-6-21(7-9-23)17-39-18-32(35,36)37/h1-9,20,24-25,39,45H,10-19,38H2/t24-,25+/m1/s1. The number of halogens is 5. The van der Waals surface area contributed by atoms with Crippen LogP contribution in [0.4, 0.5) is 27.6 Å². The molecule has 0 bridgehead atoms. The quantitative estimate of drug-likeness (QED) is 0.284. The molecule has 2 atom stereocenters. The lowest BCUT2D eigenvalue weighted by atomic mass is 9.73. The van der Waals surface area contributed by atoms with Gasteiger partial charge in [0.25, 0.3) is 5.56 Å². The first-order valence-corrected chi connectivity index (χ1v) is 15.1. The second kappa shape index (κ2) is 13.4. The number of aromatic nitrogens is 2. The molecule has 9 nitrogen and oxygen atoms in total. The number of rotatable bonds is 9. The smallest absolute Gasteiger partial charge is 0.401 e. The minimum Gasteiger partial charge on any atom is -0.437 e. The molecule has 248 valence electrons. The van der Waals surface area contributed by atoms with Crippen LogP contribution in [0, 0.1) is 5.92 Å². The van der Waals surface area contributed by atoms with Gasteiger partial charge in [0, 0.05) is 44.3 Å². The van der Waals surface area contributed by atoms with E-state index in [4.69, 9.17) is 10.5 Å². The Morgan fingerprint density at radius 3 is 2.39 bits per heavy atom. The SMILES string of the molecule is Nc1c(Oc2ccc(CNCC(F)(F)F)cc2)ncn(CC2(O)CCN(C(=O)[C@@H]3CCC(F)(F)C[C@H]3c3ccccc3)CC2)c1=O. The van der Waals surface area contributed by atoms with Gasteiger partial charge < -0.3 is 25.8 Å². The zero-order valence-electron chi connectivity index (χ0n) is 25.0. The molecule has 2 aromatic carbocycles. The molecule has 0 spiro atoms. The van der Waals surface area contributed by atoms with Crippen LogP contribution in [-0.2, 0) is 17.9 Å². The van der Waals surface area contributed by atoms with Crippen molar-refractivity contribution in [3.63, 3.8) is 0 Å². The first kappa shape index (κ1) is 33.3. The number of piperidine rings is 1. The van der Waals surface area contributed by atoms with Crippen LogP contribution in [0.5, 0.6) is 11.6 Å². The molecule has 46 heavy (non-hydrogen) atoms. The Morgan fingerprint density at radius 2 is 1.74 bits per heavy atom. The highest BCUT2D eigenvalue weighted by Crippen LogP contribution is 2.46. The molecular weight excluding hydrogens is 613 g/mol. The zero-order valence-corrected chi connectivity index (χ0v) is 25.0. The summed E-state index contributed by atoms with van der Waals surface area (Å²) in [6, 6.07) is 15.0. The number of nitrogens with one attached hydrogen (secondary N) is 1. The number of likely N-dealkylation sites (tertiary alicyclic amines) is 1. The van der Waals surface area contributed by atoms with Crippen molar-refractivity contribution in [2.75, 3.05) is 25.4 Å². The van der Waals surface area contributed by atoms with E-state index < -0.39 is 48.1 Å². The van der Waals surface area contributed by atoms with Crippen molar-refractivity contribution in [2.45, 2.75) is 68.8 Å². The van der Waals surface area contributed by atoms with Crippen LogP contribution in [0.15, 0.2) is 65.7 Å². The molecule has 3 aromatic rings. The summed E-state index contributed by atoms with van der Waals surface area (Å²) >= 11 is 0. The molecule has 1 aliphatic carbocycles. The van der Waals surface area contributed by atoms with Crippen molar-refractivity contribution in [1.82, 2.24) is 19.8 Å². The third-order valence-corrected chi connectivity index (χ3v) is 8.67. The Hall–Kier alpha value is -4.04. The Labute approximate surface area is 262 Å². The maximum Gasteiger partial charge on any atom is 0.401 e. The molecule has 1 aliphatic heterocycles. The summed E-state index contributed by atoms with van der Waals surface area (Å²) in [7, 11) is 0. The maximum atomic E-state index is 14.4. The van der Waals surface area contributed by atoms with E-state index >= 15 is 0 Å². The molecule has 1 aromatic heterocycles. The second-order valence-corrected chi connectivity index (χ2v) is 12.1. The lowest BCUT2D eigenvalue weighted by Gasteiger charge is -2.42. The van der Waals surface area contributed by atoms with Crippen molar-refractivity contribution >= 4 is 11.6 Å². The molecule has 2 fully saturated rings. The summed E-state index contributed by atoms with van der Waals surface area (Å²) in [5.74, 6) is -4.14. The molecule has 14 heteroatoms. The first-order valence-electron chi connectivity index (χ1n) is 15.1. The monoisotopic (exact) mass is 649 g/mol. The molecule has 5 rings (SSSR count). The average molecular weight is 650 g/mol. The Kier molecular flexibility index (Phi) is 9.68. The van der Waals surface area contributed by atoms with Gasteiger partial charge in [0.2, 0.25) is 17.7 Å². The van der Waals surface area contributed by atoms with Crippen LogP contribution in [0.1, 0.15) is 49.1 Å². The Morgan fingerprint density at radius 1 is 1.07 bits per heavy atom. The van der Waals surface area contributed by atoms with Crippen LogP contribution in [0.25, 0.3) is 0 Å². The maximum absolute atomic E-state index is 14.4. The molecule has 1 saturated heterocycles. The summed E-state index contributed by atoms with van der Waals surface area (Å²) in [5, 5.41) is 13.6. The molecular formula is C32H36F5N5O4. The highest BCUT2D eigenvalue weighted by Gasteiger charge is 2.46. The van der Waals surface area contributed by atoms with Crippen LogP contribution in [0.3, 0.4) is 0 Å². The number of nitrogens with two attached hydrogens (primary N) is 1. The van der Waals surface area contributed by atoms with E-state index in [0.29, 0.717) is 11.1 Å². The van der Waals surface area contributed by atoms with E-state index in [1.165, 1.54) is 23.0 Å². The molecule has 1 saturated carbocycles. The van der Waals surface area contributed by atoms with Crippen molar-refractivity contribution in [1.29, 1.82) is 0 Å². The van der Waals surface area contributed by atoms with E-state index in [0.717, 1.165) is 0 Å². The van der Waals surface area contributed by atoms with Gasteiger partial charge in [0.1, 0.15) is 12.1 Å². The summed E-state index contributed by atoms with van der Waals surface area (Å²) in [6.45, 7) is -0.854. The fourth-order valence-corrected chi connectivity index (χ4v) is 6.15. The summed E-state index contributed by atoms with van der Waals surface area (Å²) in [5.41, 5.74) is 5.03. The molecule has 0 unspecified atom stereocenters. The summed E-state index contributed by atoms with van der Waals surface area (Å²) in [4.78, 5) is 32.3. The highest BCUT2D eigenvalue weighted by molar-refractivity contribution is 5.80. The molecule has 2 aliphatic rings. The largest absolute Gasteiger partial charge is 0.437 e. The van der Waals surface area contributed by atoms with Gasteiger partial charge in [-0.3, -0.25) is 14.2 Å². The lowest BCUT2D eigenvalue weighted by molar-refractivity contribution is -0.145. The topological polar surface area (TPSA) is 123 Å². The fourth-order valence-electron chi connectivity index (χ4n) is 6.15. The number of benzene rings is 2. The van der Waals surface area contributed by atoms with Crippen LogP contribution >= 0.6 is 0 Å². The number of aliphatic hydroxyl groups is 1. The normalized spacial score (nSPS) is 21.1. The molecule has 4 N–H and O–H groups in total. The third-order valence-electron chi connectivity index (χ3n) is 8.67. The fraction of sp³-hybridized carbons (Fsp3) is 0.469. The minimum atomic E-state index is -4.31. The Bertz CT molecular complexity index is 1560. The van der Waals surface area contributed by atoms with Crippen molar-refractivity contribution in [3.8, 4) is 11.6 Å². The van der Waals surface area contributed by atoms with Gasteiger partial charge in [0.15, 0.2) is 5.69 Å². The predicted molar refractivity (Wildman–Crippen MR) is 159 cm³/mol. The number of ether oxygens (including phenoxy) is 1. The van der Waals surface area contributed by atoms with E-state index in [1.54, 1.807) is 47.4 Å². The Balaban J connectivity index is 1.18. The van der Waals surface area contributed by atoms with E-state index in [-0.39, 0.29) is 75.1 Å². The number of nitrogens with zero attached hydrogens (tertiary/aromatic N) is 3. The number of hydrogen-bond donors (Lipinski definition) is 3. The summed E-state index contributed by atoms with van der Waals surface area (Å²) in [6.07, 6.45) is -3.47. The number of carbonyl (C=O) groups excluding carboxylic acids is 1. The number of anilines is 1. The van der Waals surface area contributed by atoms with Gasteiger partial charge >= 0.3 is 6.18 Å². The van der Waals surface area contributed by atoms with Gasteiger partial charge in [-0.2, -0.15) is 13.2 Å². The number of carbonyl (C=O) groups is 1. The number of nitrogen functional groups attached to an aromatic ring is 1.